The van der Waals surface area contributed by atoms with Crippen LogP contribution in [0, 0.1) is 13.8 Å². The van der Waals surface area contributed by atoms with Gasteiger partial charge in [0.05, 0.1) is 35.1 Å². The predicted octanol–water partition coefficient (Wildman–Crippen LogP) is 1.74. The molecular weight excluding hydrogens is 270 g/mol. The third-order valence-electron chi connectivity index (χ3n) is 2.49. The Labute approximate surface area is 102 Å². The van der Waals surface area contributed by atoms with Crippen molar-refractivity contribution in [3.63, 3.8) is 0 Å². The number of hydrogen-bond donors (Lipinski definition) is 1. The average molecular weight is 284 g/mol. The molecule has 0 aliphatic heterocycles. The number of nitrogen functional groups attached to an aromatic ring is 1. The monoisotopic (exact) mass is 283 g/mol. The van der Waals surface area contributed by atoms with Crippen molar-refractivity contribution < 1.29 is 0 Å². The zero-order valence-electron chi connectivity index (χ0n) is 9.31. The Kier molecular flexibility index (Phi) is 3.00. The van der Waals surface area contributed by atoms with Crippen LogP contribution in [0.4, 0.5) is 5.69 Å². The molecule has 0 aliphatic rings. The van der Waals surface area contributed by atoms with Crippen LogP contribution in [-0.2, 0) is 13.1 Å². The summed E-state index contributed by atoms with van der Waals surface area (Å²) in [6, 6.07) is 0. The van der Waals surface area contributed by atoms with Crippen LogP contribution in [0.2, 0.25) is 0 Å². The number of aryl methyl sites for hydroxylation is 3. The molecule has 0 saturated heterocycles. The average Bonchev–Trinajstić information content (AvgIpc) is 2.76. The molecule has 0 saturated carbocycles. The molecule has 0 unspecified atom stereocenters. The fraction of sp³-hybridized carbons (Fsp3) is 0.400. The summed E-state index contributed by atoms with van der Waals surface area (Å²) in [6.45, 7) is 5.59. The van der Waals surface area contributed by atoms with E-state index in [-0.39, 0.29) is 0 Å². The van der Waals surface area contributed by atoms with Gasteiger partial charge in [-0.2, -0.15) is 10.2 Å². The summed E-state index contributed by atoms with van der Waals surface area (Å²) >= 11 is 3.50. The number of nitrogens with zero attached hydrogens (tertiary/aromatic N) is 4. The van der Waals surface area contributed by atoms with Crippen molar-refractivity contribution in [3.8, 4) is 0 Å². The highest BCUT2D eigenvalue weighted by Crippen LogP contribution is 2.19. The molecule has 16 heavy (non-hydrogen) atoms. The molecule has 2 heterocycles. The Morgan fingerprint density at radius 3 is 2.62 bits per heavy atom. The highest BCUT2D eigenvalue weighted by Gasteiger charge is 2.08. The fourth-order valence-electron chi connectivity index (χ4n) is 1.59. The van der Waals surface area contributed by atoms with Crippen LogP contribution >= 0.6 is 15.9 Å². The zero-order valence-corrected chi connectivity index (χ0v) is 10.9. The van der Waals surface area contributed by atoms with Crippen molar-refractivity contribution in [2.75, 3.05) is 5.73 Å². The summed E-state index contributed by atoms with van der Waals surface area (Å²) in [5.74, 6) is 0. The molecule has 0 amide bonds. The number of halogens is 1. The molecule has 2 N–H and O–H groups in total. The van der Waals surface area contributed by atoms with Gasteiger partial charge in [-0.05, 0) is 29.8 Å². The molecule has 5 nitrogen and oxygen atoms in total. The van der Waals surface area contributed by atoms with Crippen molar-refractivity contribution in [1.29, 1.82) is 0 Å². The second-order valence-corrected chi connectivity index (χ2v) is 4.54. The van der Waals surface area contributed by atoms with Gasteiger partial charge >= 0.3 is 0 Å². The molecule has 0 aliphatic carbocycles. The van der Waals surface area contributed by atoms with Gasteiger partial charge in [0.2, 0.25) is 0 Å². The Morgan fingerprint density at radius 2 is 2.12 bits per heavy atom. The summed E-state index contributed by atoms with van der Waals surface area (Å²) in [6.07, 6.45) is 3.47. The van der Waals surface area contributed by atoms with Crippen LogP contribution in [0.1, 0.15) is 11.4 Å². The summed E-state index contributed by atoms with van der Waals surface area (Å²) in [4.78, 5) is 0. The van der Waals surface area contributed by atoms with E-state index >= 15 is 0 Å². The van der Waals surface area contributed by atoms with E-state index in [1.54, 1.807) is 6.20 Å². The van der Waals surface area contributed by atoms with Crippen molar-refractivity contribution in [2.45, 2.75) is 26.9 Å². The lowest BCUT2D eigenvalue weighted by Crippen LogP contribution is -2.10. The van der Waals surface area contributed by atoms with Gasteiger partial charge in [0.1, 0.15) is 0 Å². The first-order valence-corrected chi connectivity index (χ1v) is 5.84. The summed E-state index contributed by atoms with van der Waals surface area (Å²) in [5.41, 5.74) is 8.43. The molecule has 6 heteroatoms. The number of anilines is 1. The first kappa shape index (κ1) is 11.2. The normalized spacial score (nSPS) is 10.9. The van der Waals surface area contributed by atoms with Crippen molar-refractivity contribution in [1.82, 2.24) is 19.6 Å². The minimum atomic E-state index is 0.689. The third-order valence-corrected chi connectivity index (χ3v) is 3.63. The standard InChI is InChI=1S/C10H14BrN5/c1-7-10(11)8(2)16(14-7)4-3-15-6-9(12)5-13-15/h5-6H,3-4,12H2,1-2H3. The number of rotatable bonds is 3. The Bertz CT molecular complexity index is 499. The van der Waals surface area contributed by atoms with Crippen LogP contribution in [-0.4, -0.2) is 19.6 Å². The predicted molar refractivity (Wildman–Crippen MR) is 66.0 cm³/mol. The van der Waals surface area contributed by atoms with E-state index in [2.05, 4.69) is 26.1 Å². The first-order valence-electron chi connectivity index (χ1n) is 5.05. The van der Waals surface area contributed by atoms with E-state index in [4.69, 9.17) is 5.73 Å². The lowest BCUT2D eigenvalue weighted by atomic mass is 10.4. The van der Waals surface area contributed by atoms with E-state index in [0.717, 1.165) is 29.0 Å². The molecule has 0 bridgehead atoms. The van der Waals surface area contributed by atoms with E-state index in [0.29, 0.717) is 5.69 Å². The molecule has 2 aromatic rings. The molecule has 0 radical (unpaired) electrons. The van der Waals surface area contributed by atoms with Crippen molar-refractivity contribution in [3.05, 3.63) is 28.3 Å². The Hall–Kier alpha value is -1.30. The summed E-state index contributed by atoms with van der Waals surface area (Å²) in [7, 11) is 0. The lowest BCUT2D eigenvalue weighted by Gasteiger charge is -2.04. The van der Waals surface area contributed by atoms with Crippen molar-refractivity contribution in [2.24, 2.45) is 0 Å². The van der Waals surface area contributed by atoms with Gasteiger partial charge < -0.3 is 5.73 Å². The lowest BCUT2D eigenvalue weighted by molar-refractivity contribution is 0.491. The molecule has 0 fully saturated rings. The van der Waals surface area contributed by atoms with E-state index in [1.165, 1.54) is 0 Å². The largest absolute Gasteiger partial charge is 0.396 e. The summed E-state index contributed by atoms with van der Waals surface area (Å²) in [5, 5.41) is 8.56. The van der Waals surface area contributed by atoms with Crippen LogP contribution in [0.15, 0.2) is 16.9 Å². The quantitative estimate of drug-likeness (QED) is 0.933. The highest BCUT2D eigenvalue weighted by atomic mass is 79.9. The van der Waals surface area contributed by atoms with Crippen LogP contribution in [0.3, 0.4) is 0 Å². The Morgan fingerprint density at radius 1 is 1.38 bits per heavy atom. The summed E-state index contributed by atoms with van der Waals surface area (Å²) < 4.78 is 4.87. The fourth-order valence-corrected chi connectivity index (χ4v) is 1.88. The molecule has 0 aromatic carbocycles. The van der Waals surface area contributed by atoms with Crippen LogP contribution in [0.5, 0.6) is 0 Å². The maximum Gasteiger partial charge on any atom is 0.0738 e. The Balaban J connectivity index is 2.07. The number of nitrogens with two attached hydrogens (primary N) is 1. The number of aromatic nitrogens is 4. The zero-order chi connectivity index (χ0) is 11.7. The van der Waals surface area contributed by atoms with Gasteiger partial charge in [-0.15, -0.1) is 0 Å². The third kappa shape index (κ3) is 2.11. The second kappa shape index (κ2) is 4.29. The van der Waals surface area contributed by atoms with E-state index < -0.39 is 0 Å². The van der Waals surface area contributed by atoms with Crippen molar-refractivity contribution >= 4 is 21.6 Å². The van der Waals surface area contributed by atoms with Crippen LogP contribution in [0.25, 0.3) is 0 Å². The van der Waals surface area contributed by atoms with Crippen LogP contribution < -0.4 is 5.73 Å². The van der Waals surface area contributed by atoms with E-state index in [9.17, 15) is 0 Å². The SMILES string of the molecule is Cc1nn(CCn2cc(N)cn2)c(C)c1Br. The second-order valence-electron chi connectivity index (χ2n) is 3.74. The van der Waals surface area contributed by atoms with E-state index in [1.807, 2.05) is 29.4 Å². The van der Waals surface area contributed by atoms with Gasteiger partial charge in [0.15, 0.2) is 0 Å². The maximum atomic E-state index is 5.59. The smallest absolute Gasteiger partial charge is 0.0738 e. The topological polar surface area (TPSA) is 61.7 Å². The van der Waals surface area contributed by atoms with Gasteiger partial charge in [0, 0.05) is 11.9 Å². The maximum absolute atomic E-state index is 5.59. The molecule has 0 spiro atoms. The molecular formula is C10H14BrN5. The minimum Gasteiger partial charge on any atom is -0.396 e. The molecule has 2 aromatic heterocycles. The van der Waals surface area contributed by atoms with Gasteiger partial charge in [-0.3, -0.25) is 9.36 Å². The molecule has 0 atom stereocenters. The minimum absolute atomic E-state index is 0.689. The molecule has 86 valence electrons. The first-order chi connectivity index (χ1) is 7.58. The number of hydrogen-bond acceptors (Lipinski definition) is 3. The van der Waals surface area contributed by atoms with Gasteiger partial charge in [-0.1, -0.05) is 0 Å². The van der Waals surface area contributed by atoms with Gasteiger partial charge in [-0.25, -0.2) is 0 Å². The highest BCUT2D eigenvalue weighted by molar-refractivity contribution is 9.10. The van der Waals surface area contributed by atoms with Gasteiger partial charge in [0.25, 0.3) is 0 Å². The molecule has 2 rings (SSSR count).